The highest BCUT2D eigenvalue weighted by atomic mass is 16.3. The zero-order valence-electron chi connectivity index (χ0n) is 13.4. The van der Waals surface area contributed by atoms with Crippen molar-refractivity contribution < 1.29 is 5.11 Å². The van der Waals surface area contributed by atoms with Gasteiger partial charge in [-0.05, 0) is 22.3 Å². The third kappa shape index (κ3) is 2.86. The molecule has 0 saturated heterocycles. The molecule has 3 rings (SSSR count). The van der Waals surface area contributed by atoms with Crippen LogP contribution in [-0.2, 0) is 5.60 Å². The summed E-state index contributed by atoms with van der Waals surface area (Å²) in [6.45, 7) is 8.00. The van der Waals surface area contributed by atoms with E-state index < -0.39 is 5.60 Å². The summed E-state index contributed by atoms with van der Waals surface area (Å²) in [7, 11) is 0. The van der Waals surface area contributed by atoms with Gasteiger partial charge in [0.05, 0.1) is 0 Å². The van der Waals surface area contributed by atoms with Crippen molar-refractivity contribution in [2.75, 3.05) is 0 Å². The summed E-state index contributed by atoms with van der Waals surface area (Å²) in [4.78, 5) is 0. The molecule has 0 saturated carbocycles. The third-order valence-corrected chi connectivity index (χ3v) is 3.39. The molecular weight excluding hydrogens is 256 g/mol. The van der Waals surface area contributed by atoms with Gasteiger partial charge in [-0.2, -0.15) is 0 Å². The number of aliphatic hydroxyl groups is 1. The molecular formula is C20H24O. The van der Waals surface area contributed by atoms with Crippen LogP contribution in [0.2, 0.25) is 0 Å². The fourth-order valence-corrected chi connectivity index (χ4v) is 2.64. The molecule has 110 valence electrons. The first-order valence-electron chi connectivity index (χ1n) is 7.62. The zero-order valence-corrected chi connectivity index (χ0v) is 13.4. The van der Waals surface area contributed by atoms with Gasteiger partial charge in [-0.3, -0.25) is 0 Å². The van der Waals surface area contributed by atoms with E-state index in [1.807, 2.05) is 76.2 Å². The zero-order chi connectivity index (χ0) is 15.9. The van der Waals surface area contributed by atoms with E-state index in [9.17, 15) is 5.11 Å². The Hall–Kier alpha value is -2.04. The van der Waals surface area contributed by atoms with Crippen LogP contribution in [0.15, 0.2) is 48.5 Å². The van der Waals surface area contributed by atoms with Crippen molar-refractivity contribution in [3.8, 4) is 23.5 Å². The van der Waals surface area contributed by atoms with Gasteiger partial charge in [0, 0.05) is 6.42 Å². The van der Waals surface area contributed by atoms with Gasteiger partial charge in [-0.25, -0.2) is 0 Å². The van der Waals surface area contributed by atoms with Gasteiger partial charge in [-0.15, -0.1) is 12.3 Å². The Kier molecular flexibility index (Phi) is 6.21. The maximum atomic E-state index is 10.9. The summed E-state index contributed by atoms with van der Waals surface area (Å²) in [5, 5.41) is 10.9. The van der Waals surface area contributed by atoms with E-state index in [0.29, 0.717) is 6.42 Å². The first kappa shape index (κ1) is 17.0. The summed E-state index contributed by atoms with van der Waals surface area (Å²) in [6, 6.07) is 15.8. The van der Waals surface area contributed by atoms with Gasteiger partial charge < -0.3 is 5.11 Å². The van der Waals surface area contributed by atoms with Crippen LogP contribution in [0, 0.1) is 12.3 Å². The average molecular weight is 280 g/mol. The van der Waals surface area contributed by atoms with Gasteiger partial charge >= 0.3 is 0 Å². The summed E-state index contributed by atoms with van der Waals surface area (Å²) in [6.07, 6.45) is 5.70. The maximum Gasteiger partial charge on any atom is 0.127 e. The summed E-state index contributed by atoms with van der Waals surface area (Å²) in [5.41, 5.74) is 2.97. The van der Waals surface area contributed by atoms with Crippen molar-refractivity contribution in [3.63, 3.8) is 0 Å². The van der Waals surface area contributed by atoms with Gasteiger partial charge in [-0.1, -0.05) is 76.2 Å². The Morgan fingerprint density at radius 1 is 0.857 bits per heavy atom. The van der Waals surface area contributed by atoms with Gasteiger partial charge in [0.25, 0.3) is 0 Å². The van der Waals surface area contributed by atoms with Crippen LogP contribution in [0.1, 0.15) is 45.2 Å². The number of fused-ring (bicyclic) bond motifs is 3. The standard InChI is InChI=1S/C16H12O.2C2H6/c1-2-11-16(17)14-9-5-3-7-12(14)13-8-4-6-10-15(13)16;2*1-2/h1,3-10,17H,11H2;2*1-2H3. The van der Waals surface area contributed by atoms with Crippen LogP contribution in [0.4, 0.5) is 0 Å². The fourth-order valence-electron chi connectivity index (χ4n) is 2.64. The highest BCUT2D eigenvalue weighted by molar-refractivity contribution is 5.80. The first-order valence-corrected chi connectivity index (χ1v) is 7.62. The predicted molar refractivity (Wildman–Crippen MR) is 91.0 cm³/mol. The van der Waals surface area contributed by atoms with E-state index in [1.54, 1.807) is 0 Å². The normalized spacial score (nSPS) is 12.6. The topological polar surface area (TPSA) is 20.2 Å². The van der Waals surface area contributed by atoms with Crippen LogP contribution < -0.4 is 0 Å². The lowest BCUT2D eigenvalue weighted by molar-refractivity contribution is 0.0915. The minimum atomic E-state index is -1.03. The van der Waals surface area contributed by atoms with Crippen molar-refractivity contribution in [1.29, 1.82) is 0 Å². The Balaban J connectivity index is 0.000000510. The Labute approximate surface area is 128 Å². The van der Waals surface area contributed by atoms with Gasteiger partial charge in [0.1, 0.15) is 5.60 Å². The minimum absolute atomic E-state index is 0.307. The molecule has 0 spiro atoms. The van der Waals surface area contributed by atoms with E-state index in [4.69, 9.17) is 6.42 Å². The van der Waals surface area contributed by atoms with Gasteiger partial charge in [0.2, 0.25) is 0 Å². The van der Waals surface area contributed by atoms with Crippen molar-refractivity contribution in [2.24, 2.45) is 0 Å². The molecule has 0 fully saturated rings. The first-order chi connectivity index (χ1) is 10.3. The van der Waals surface area contributed by atoms with Crippen LogP contribution in [0.5, 0.6) is 0 Å². The van der Waals surface area contributed by atoms with E-state index in [0.717, 1.165) is 22.3 Å². The van der Waals surface area contributed by atoms with Crippen molar-refractivity contribution in [1.82, 2.24) is 0 Å². The second-order valence-electron chi connectivity index (χ2n) is 4.33. The van der Waals surface area contributed by atoms with Crippen LogP contribution in [-0.4, -0.2) is 5.11 Å². The monoisotopic (exact) mass is 280 g/mol. The average Bonchev–Trinajstić information content (AvgIpc) is 2.82. The molecule has 2 aromatic rings. The van der Waals surface area contributed by atoms with E-state index in [2.05, 4.69) is 5.92 Å². The fraction of sp³-hybridized carbons (Fsp3) is 0.300. The van der Waals surface area contributed by atoms with Crippen molar-refractivity contribution >= 4 is 0 Å². The lowest BCUT2D eigenvalue weighted by Crippen LogP contribution is -2.23. The number of hydrogen-bond acceptors (Lipinski definition) is 1. The molecule has 1 aliphatic rings. The molecule has 1 heteroatoms. The second kappa shape index (κ2) is 7.67. The third-order valence-electron chi connectivity index (χ3n) is 3.39. The molecule has 0 aliphatic heterocycles. The smallest absolute Gasteiger partial charge is 0.127 e. The minimum Gasteiger partial charge on any atom is -0.379 e. The van der Waals surface area contributed by atoms with Crippen molar-refractivity contribution in [2.45, 2.75) is 39.7 Å². The van der Waals surface area contributed by atoms with E-state index in [-0.39, 0.29) is 0 Å². The van der Waals surface area contributed by atoms with Crippen LogP contribution >= 0.6 is 0 Å². The molecule has 1 aliphatic carbocycles. The molecule has 0 heterocycles. The number of benzene rings is 2. The lowest BCUT2D eigenvalue weighted by Gasteiger charge is -2.23. The van der Waals surface area contributed by atoms with E-state index in [1.165, 1.54) is 0 Å². The van der Waals surface area contributed by atoms with Crippen LogP contribution in [0.25, 0.3) is 11.1 Å². The summed E-state index contributed by atoms with van der Waals surface area (Å²) in [5.74, 6) is 2.58. The molecule has 21 heavy (non-hydrogen) atoms. The lowest BCUT2D eigenvalue weighted by atomic mass is 9.88. The molecule has 0 radical (unpaired) electrons. The van der Waals surface area contributed by atoms with E-state index >= 15 is 0 Å². The second-order valence-corrected chi connectivity index (χ2v) is 4.33. The summed E-state index contributed by atoms with van der Waals surface area (Å²) >= 11 is 0. The van der Waals surface area contributed by atoms with Crippen molar-refractivity contribution in [3.05, 3.63) is 59.7 Å². The number of hydrogen-bond donors (Lipinski definition) is 1. The molecule has 0 bridgehead atoms. The highest BCUT2D eigenvalue weighted by Crippen LogP contribution is 2.48. The molecule has 1 N–H and O–H groups in total. The Bertz CT molecular complexity index is 574. The molecule has 1 nitrogen and oxygen atoms in total. The molecule has 0 aromatic heterocycles. The highest BCUT2D eigenvalue weighted by Gasteiger charge is 2.40. The SMILES string of the molecule is C#CCC1(O)c2ccccc2-c2ccccc21.CC.CC. The largest absolute Gasteiger partial charge is 0.379 e. The quantitative estimate of drug-likeness (QED) is 0.730. The molecule has 0 amide bonds. The van der Waals surface area contributed by atoms with Gasteiger partial charge in [0.15, 0.2) is 0 Å². The Morgan fingerprint density at radius 2 is 1.24 bits per heavy atom. The number of terminal acetylenes is 1. The molecule has 0 atom stereocenters. The molecule has 2 aromatic carbocycles. The predicted octanol–water partition coefficient (Wildman–Crippen LogP) is 4.98. The number of rotatable bonds is 1. The maximum absolute atomic E-state index is 10.9. The summed E-state index contributed by atoms with van der Waals surface area (Å²) < 4.78 is 0. The Morgan fingerprint density at radius 3 is 1.62 bits per heavy atom. The molecule has 0 unspecified atom stereocenters. The van der Waals surface area contributed by atoms with Crippen LogP contribution in [0.3, 0.4) is 0 Å².